The van der Waals surface area contributed by atoms with Crippen molar-refractivity contribution in [3.63, 3.8) is 0 Å². The first-order valence-corrected chi connectivity index (χ1v) is 28.0. The molecule has 2 aliphatic heterocycles. The number of aldehydes is 1. The number of aliphatic hydroxyl groups is 1. The summed E-state index contributed by atoms with van der Waals surface area (Å²) in [4.78, 5) is 58.4. The fraction of sp³-hybridized carbons (Fsp3) is 0.276. The van der Waals surface area contributed by atoms with Gasteiger partial charge in [0.25, 0.3) is 5.91 Å². The fourth-order valence-corrected chi connectivity index (χ4v) is 8.00. The number of aromatic nitrogens is 3. The number of ether oxygens (including phenoxy) is 2. The molecule has 0 spiro atoms. The number of hydrogen-bond acceptors (Lipinski definition) is 16. The average Bonchev–Trinajstić information content (AvgIpc) is 4.23. The number of carbonyl (C=O) groups is 2. The van der Waals surface area contributed by atoms with Crippen LogP contribution in [0, 0.1) is 0 Å². The molecule has 1 amide bonds. The molecule has 0 bridgehead atoms. The molecule has 4 heterocycles. The Balaban J connectivity index is 0.000000952. The normalized spacial score (nSPS) is 11.4. The van der Waals surface area contributed by atoms with Gasteiger partial charge in [0.1, 0.15) is 6.29 Å². The van der Waals surface area contributed by atoms with Crippen molar-refractivity contribution >= 4 is 129 Å². The molecule has 2 fully saturated rings. The molecule has 10 rings (SSSR count). The number of nitrogen functional groups attached to an aromatic ring is 2. The summed E-state index contributed by atoms with van der Waals surface area (Å²) in [6, 6.07) is 37.3. The monoisotopic (exact) mass is 1380 g/mol. The summed E-state index contributed by atoms with van der Waals surface area (Å²) in [6.45, 7) is 7.94. The maximum atomic E-state index is 11.1. The predicted molar refractivity (Wildman–Crippen MR) is 349 cm³/mol. The van der Waals surface area contributed by atoms with E-state index in [4.69, 9.17) is 37.5 Å². The first kappa shape index (κ1) is 75.7. The molecule has 2 aliphatic rings. The second-order valence-electron chi connectivity index (χ2n) is 17.8. The minimum Gasteiger partial charge on any atom is -0.412 e. The molecule has 2 saturated heterocycles. The summed E-state index contributed by atoms with van der Waals surface area (Å²) in [5, 5.41) is 9.45. The third-order valence-electron chi connectivity index (χ3n) is 10.6. The van der Waals surface area contributed by atoms with Crippen LogP contribution in [0.5, 0.6) is 0 Å². The van der Waals surface area contributed by atoms with E-state index in [9.17, 15) is 19.2 Å². The first-order valence-electron chi connectivity index (χ1n) is 24.8. The van der Waals surface area contributed by atoms with Crippen molar-refractivity contribution in [1.29, 1.82) is 0 Å². The van der Waals surface area contributed by atoms with Gasteiger partial charge in [0.2, 0.25) is 0 Å². The molecule has 15 N–H and O–H groups in total. The van der Waals surface area contributed by atoms with Gasteiger partial charge in [-0.2, -0.15) is 0 Å². The summed E-state index contributed by atoms with van der Waals surface area (Å²) >= 11 is 13.2. The zero-order chi connectivity index (χ0) is 58.4. The summed E-state index contributed by atoms with van der Waals surface area (Å²) < 4.78 is 17.9. The molecule has 82 heavy (non-hydrogen) atoms. The highest BCUT2D eigenvalue weighted by Crippen LogP contribution is 2.24. The maximum absolute atomic E-state index is 11.1. The number of nitrogens with two attached hydrogens (primary N) is 4. The fourth-order valence-electron chi connectivity index (χ4n) is 6.49. The Morgan fingerprint density at radius 1 is 0.707 bits per heavy atom. The van der Waals surface area contributed by atoms with Crippen LogP contribution in [-0.4, -0.2) is 107 Å². The Morgan fingerprint density at radius 2 is 1.17 bits per heavy atom. The van der Waals surface area contributed by atoms with E-state index in [0.717, 1.165) is 95.4 Å². The molecule has 0 unspecified atom stereocenters. The van der Waals surface area contributed by atoms with Crippen molar-refractivity contribution in [2.24, 2.45) is 11.5 Å². The zero-order valence-electron chi connectivity index (χ0n) is 46.8. The molecule has 24 heteroatoms. The number of hydrogen-bond donors (Lipinski definition) is 7. The molecule has 8 aromatic rings. The van der Waals surface area contributed by atoms with Crippen molar-refractivity contribution in [1.82, 2.24) is 21.1 Å². The number of aromatic amines is 1. The van der Waals surface area contributed by atoms with Crippen LogP contribution in [0.2, 0.25) is 0 Å². The third kappa shape index (κ3) is 28.6. The van der Waals surface area contributed by atoms with Crippen molar-refractivity contribution in [3.05, 3.63) is 183 Å². The number of H-pyrrole nitrogens is 1. The Kier molecular flexibility index (Phi) is 37.7. The highest BCUT2D eigenvalue weighted by atomic mass is 79.9. The maximum Gasteiger partial charge on any atom is 0.419 e. The van der Waals surface area contributed by atoms with E-state index >= 15 is 0 Å². The van der Waals surface area contributed by atoms with E-state index < -0.39 is 17.3 Å². The molecule has 0 saturated carbocycles. The van der Waals surface area contributed by atoms with Gasteiger partial charge in [0, 0.05) is 139 Å². The Morgan fingerprint density at radius 3 is 1.62 bits per heavy atom. The minimum atomic E-state index is -0.736. The van der Waals surface area contributed by atoms with Crippen LogP contribution in [0.15, 0.2) is 159 Å². The second-order valence-corrected chi connectivity index (χ2v) is 21.5. The standard InChI is InChI=1S/C16H14BrN3.C9H11NO.C8H4BrNO3.C7H7BrN2O.C7H9BrN2.2C4H8O.C3H8O.B.H3N.H2O/c1-20(2)14-6-3-11(4-7-14)16-18-10-12-9-13(17)5-8-15(12)19-16;1-10(2)9-5-3-8(7-11)4-6-9;9-4-1-2-6-5(3-4)7(11)13-8(12)10-6;8-4-1-2-6(9)5(3-4)7(10)11;8-6-1-2-7(10)5(3-6)4-9;2*1-2-4-5-3-1;1-3(2)4;;;/h3-10H,1-2H3;3-7H,1-2H3;1-3H,(H,10,12);1-3H,9H2,(H2,10,11);1-3H,4,9-10H2;2*1-4H2;3-4H,1-2H3;;1H3;1H2. The molecule has 6 aromatic carbocycles. The number of benzene rings is 6. The molecule has 2 aromatic heterocycles. The summed E-state index contributed by atoms with van der Waals surface area (Å²) in [5.41, 5.74) is 28.8. The van der Waals surface area contributed by atoms with Gasteiger partial charge < -0.3 is 63.4 Å². The number of primary amides is 1. The number of aliphatic hydroxyl groups excluding tert-OH is 1. The number of rotatable bonds is 6. The van der Waals surface area contributed by atoms with Crippen molar-refractivity contribution in [2.45, 2.75) is 52.2 Å². The van der Waals surface area contributed by atoms with Crippen molar-refractivity contribution in [3.8, 4) is 11.4 Å². The number of anilines is 4. The summed E-state index contributed by atoms with van der Waals surface area (Å²) in [7, 11) is 7.99. The van der Waals surface area contributed by atoms with E-state index in [2.05, 4.69) is 112 Å². The van der Waals surface area contributed by atoms with Crippen LogP contribution in [0.4, 0.5) is 22.7 Å². The topological polar surface area (TPSA) is 339 Å². The van der Waals surface area contributed by atoms with Crippen molar-refractivity contribution in [2.75, 3.05) is 75.9 Å². The number of carbonyl (C=O) groups excluding carboxylic acids is 2. The lowest BCUT2D eigenvalue weighted by Gasteiger charge is -2.12. The predicted octanol–water partition coefficient (Wildman–Crippen LogP) is 10.5. The minimum absolute atomic E-state index is 0. The van der Waals surface area contributed by atoms with Crippen molar-refractivity contribution < 1.29 is 34.1 Å². The van der Waals surface area contributed by atoms with E-state index in [1.54, 1.807) is 50.2 Å². The van der Waals surface area contributed by atoms with E-state index in [-0.39, 0.29) is 26.1 Å². The summed E-state index contributed by atoms with van der Waals surface area (Å²) in [5.74, 6) is -0.492. The lowest BCUT2D eigenvalue weighted by molar-refractivity contribution is 0.100. The number of amides is 1. The van der Waals surface area contributed by atoms with Crippen LogP contribution in [0.25, 0.3) is 33.2 Å². The molecule has 19 nitrogen and oxygen atoms in total. The Hall–Kier alpha value is -6.32. The van der Waals surface area contributed by atoms with Crippen LogP contribution >= 0.6 is 63.7 Å². The molecular formula is C58H74BBr4N10O9. The Labute approximate surface area is 514 Å². The quantitative estimate of drug-likeness (QED) is 0.0462. The molecule has 441 valence electrons. The van der Waals surface area contributed by atoms with Gasteiger partial charge in [-0.15, -0.1) is 0 Å². The zero-order valence-corrected chi connectivity index (χ0v) is 53.2. The lowest BCUT2D eigenvalue weighted by Crippen LogP contribution is -2.14. The smallest absolute Gasteiger partial charge is 0.412 e. The highest BCUT2D eigenvalue weighted by Gasteiger charge is 2.07. The number of halogens is 4. The van der Waals surface area contributed by atoms with E-state index in [1.807, 2.05) is 100.0 Å². The third-order valence-corrected chi connectivity index (χ3v) is 12.6. The molecule has 3 radical (unpaired) electrons. The number of fused-ring (bicyclic) bond motifs is 2. The molecule has 0 atom stereocenters. The van der Waals surface area contributed by atoms with Gasteiger partial charge in [-0.25, -0.2) is 19.6 Å². The van der Waals surface area contributed by atoms with Gasteiger partial charge in [-0.3, -0.25) is 14.6 Å². The van der Waals surface area contributed by atoms with Gasteiger partial charge in [-0.05, 0) is 166 Å². The number of nitrogens with zero attached hydrogens (tertiary/aromatic N) is 4. The Bertz CT molecular complexity index is 3230. The highest BCUT2D eigenvalue weighted by molar-refractivity contribution is 9.11. The van der Waals surface area contributed by atoms with Crippen LogP contribution in [-0.2, 0) is 16.0 Å². The SMILES string of the molecule is C1CCOC1.C1CCOC1.CC(C)O.CN(C)c1ccc(-c2ncc3cc(Br)ccc3n2)cc1.CN(C)c1ccc(C=O)cc1.N.NC(=O)c1cc(Br)ccc1N.NCc1cc(Br)ccc1N.O.O=c1[nH]c2ccc(Br)cc2c(=O)o1.[B]. The van der Waals surface area contributed by atoms with Gasteiger partial charge in [0.05, 0.1) is 22.0 Å². The lowest BCUT2D eigenvalue weighted by atomic mass is 10.1. The van der Waals surface area contributed by atoms with E-state index in [1.165, 1.54) is 31.4 Å². The van der Waals surface area contributed by atoms with Gasteiger partial charge in [-0.1, -0.05) is 63.7 Å². The van der Waals surface area contributed by atoms with Crippen LogP contribution < -0.4 is 50.3 Å². The van der Waals surface area contributed by atoms with Crippen LogP contribution in [0.1, 0.15) is 65.8 Å². The van der Waals surface area contributed by atoms with E-state index in [0.29, 0.717) is 28.7 Å². The van der Waals surface area contributed by atoms with Crippen LogP contribution in [0.3, 0.4) is 0 Å². The molecular weight excluding hydrogens is 1310 g/mol. The summed E-state index contributed by atoms with van der Waals surface area (Å²) in [6.07, 6.45) is 7.65. The first-order chi connectivity index (χ1) is 37.6. The average molecular weight is 1390 g/mol. The second kappa shape index (κ2) is 40.8. The number of nitrogens with one attached hydrogen (secondary N) is 1. The molecule has 0 aliphatic carbocycles. The van der Waals surface area contributed by atoms with Gasteiger partial charge in [0.15, 0.2) is 5.82 Å². The largest absolute Gasteiger partial charge is 0.419 e. The van der Waals surface area contributed by atoms with Gasteiger partial charge >= 0.3 is 11.4 Å².